The molecule has 0 aliphatic carbocycles. The van der Waals surface area contributed by atoms with Gasteiger partial charge in [-0.15, -0.1) is 0 Å². The number of aromatic amines is 1. The zero-order valence-corrected chi connectivity index (χ0v) is 5.91. The molecule has 3 heteroatoms. The summed E-state index contributed by atoms with van der Waals surface area (Å²) in [6.45, 7) is 0.0844. The highest BCUT2D eigenvalue weighted by Crippen LogP contribution is 2.12. The summed E-state index contributed by atoms with van der Waals surface area (Å²) in [4.78, 5) is 0. The van der Waals surface area contributed by atoms with Crippen LogP contribution in [0.5, 0.6) is 0 Å². The maximum atomic E-state index is 8.80. The van der Waals surface area contributed by atoms with Crippen LogP contribution in [-0.4, -0.2) is 15.3 Å². The van der Waals surface area contributed by atoms with Gasteiger partial charge in [-0.2, -0.15) is 5.10 Å². The van der Waals surface area contributed by atoms with Gasteiger partial charge in [0.15, 0.2) is 0 Å². The van der Waals surface area contributed by atoms with Crippen molar-refractivity contribution in [1.82, 2.24) is 10.2 Å². The standard InChI is InChI=1S/C8H8N2O/c11-5-6-1-2-8-7(3-6)4-9-10-8/h1-4,11H,5H2,(H,9,10). The lowest BCUT2D eigenvalue weighted by Crippen LogP contribution is -1.80. The summed E-state index contributed by atoms with van der Waals surface area (Å²) in [6.07, 6.45) is 1.74. The Bertz CT molecular complexity index is 367. The predicted molar refractivity (Wildman–Crippen MR) is 42.0 cm³/mol. The maximum Gasteiger partial charge on any atom is 0.0682 e. The van der Waals surface area contributed by atoms with Gasteiger partial charge in [0.2, 0.25) is 0 Å². The van der Waals surface area contributed by atoms with E-state index in [9.17, 15) is 0 Å². The molecule has 0 unspecified atom stereocenters. The number of hydrogen-bond donors (Lipinski definition) is 2. The zero-order chi connectivity index (χ0) is 7.68. The topological polar surface area (TPSA) is 48.9 Å². The fourth-order valence-corrected chi connectivity index (χ4v) is 1.09. The summed E-state index contributed by atoms with van der Waals surface area (Å²) in [7, 11) is 0. The van der Waals surface area contributed by atoms with Crippen LogP contribution >= 0.6 is 0 Å². The molecule has 0 amide bonds. The molecule has 0 radical (unpaired) electrons. The third-order valence-corrected chi connectivity index (χ3v) is 1.69. The van der Waals surface area contributed by atoms with E-state index < -0.39 is 0 Å². The van der Waals surface area contributed by atoms with Crippen molar-refractivity contribution in [3.63, 3.8) is 0 Å². The molecule has 0 atom stereocenters. The summed E-state index contributed by atoms with van der Waals surface area (Å²) in [5, 5.41) is 16.6. The number of nitrogens with zero attached hydrogens (tertiary/aromatic N) is 1. The van der Waals surface area contributed by atoms with Gasteiger partial charge < -0.3 is 5.11 Å². The SMILES string of the molecule is OCc1ccc2[nH]ncc2c1. The Morgan fingerprint density at radius 2 is 2.36 bits per heavy atom. The summed E-state index contributed by atoms with van der Waals surface area (Å²) < 4.78 is 0. The van der Waals surface area contributed by atoms with Crippen LogP contribution in [-0.2, 0) is 6.61 Å². The van der Waals surface area contributed by atoms with Crippen molar-refractivity contribution in [1.29, 1.82) is 0 Å². The molecule has 2 aromatic rings. The van der Waals surface area contributed by atoms with Crippen LogP contribution in [0, 0.1) is 0 Å². The van der Waals surface area contributed by atoms with E-state index in [1.807, 2.05) is 18.2 Å². The first-order valence-corrected chi connectivity index (χ1v) is 3.43. The number of aromatic nitrogens is 2. The molecule has 2 rings (SSSR count). The van der Waals surface area contributed by atoms with Crippen molar-refractivity contribution in [2.75, 3.05) is 0 Å². The number of nitrogens with one attached hydrogen (secondary N) is 1. The summed E-state index contributed by atoms with van der Waals surface area (Å²) in [5.74, 6) is 0. The zero-order valence-electron chi connectivity index (χ0n) is 5.91. The molecule has 56 valence electrons. The molecule has 0 bridgehead atoms. The highest BCUT2D eigenvalue weighted by Gasteiger charge is 1.95. The number of H-pyrrole nitrogens is 1. The average Bonchev–Trinajstić information content (AvgIpc) is 2.50. The van der Waals surface area contributed by atoms with Crippen LogP contribution in [0.4, 0.5) is 0 Å². The van der Waals surface area contributed by atoms with Gasteiger partial charge in [-0.05, 0) is 17.7 Å². The van der Waals surface area contributed by atoms with E-state index in [0.717, 1.165) is 16.5 Å². The second kappa shape index (κ2) is 2.36. The Labute approximate surface area is 63.7 Å². The summed E-state index contributed by atoms with van der Waals surface area (Å²) in [5.41, 5.74) is 1.92. The molecule has 0 aliphatic heterocycles. The minimum Gasteiger partial charge on any atom is -0.392 e. The largest absolute Gasteiger partial charge is 0.392 e. The van der Waals surface area contributed by atoms with Crippen molar-refractivity contribution in [3.8, 4) is 0 Å². The van der Waals surface area contributed by atoms with Crippen LogP contribution in [0.25, 0.3) is 10.9 Å². The Balaban J connectivity index is 2.67. The van der Waals surface area contributed by atoms with Gasteiger partial charge in [-0.3, -0.25) is 5.10 Å². The molecule has 0 fully saturated rings. The first kappa shape index (κ1) is 6.37. The molecule has 0 aliphatic rings. The van der Waals surface area contributed by atoms with Gasteiger partial charge in [0.25, 0.3) is 0 Å². The third-order valence-electron chi connectivity index (χ3n) is 1.69. The normalized spacial score (nSPS) is 10.6. The second-order valence-corrected chi connectivity index (χ2v) is 2.45. The van der Waals surface area contributed by atoms with Crippen LogP contribution in [0.3, 0.4) is 0 Å². The van der Waals surface area contributed by atoms with Crippen LogP contribution in [0.2, 0.25) is 0 Å². The summed E-state index contributed by atoms with van der Waals surface area (Å²) >= 11 is 0. The van der Waals surface area contributed by atoms with Crippen LogP contribution in [0.15, 0.2) is 24.4 Å². The highest BCUT2D eigenvalue weighted by atomic mass is 16.3. The molecule has 0 saturated heterocycles. The molecule has 2 N–H and O–H groups in total. The lowest BCUT2D eigenvalue weighted by atomic mass is 10.2. The summed E-state index contributed by atoms with van der Waals surface area (Å²) in [6, 6.07) is 5.70. The lowest BCUT2D eigenvalue weighted by Gasteiger charge is -1.93. The van der Waals surface area contributed by atoms with Gasteiger partial charge in [-0.25, -0.2) is 0 Å². The predicted octanol–water partition coefficient (Wildman–Crippen LogP) is 1.06. The van der Waals surface area contributed by atoms with Crippen molar-refractivity contribution in [3.05, 3.63) is 30.0 Å². The van der Waals surface area contributed by atoms with Crippen molar-refractivity contribution >= 4 is 10.9 Å². The Morgan fingerprint density at radius 3 is 3.18 bits per heavy atom. The number of benzene rings is 1. The second-order valence-electron chi connectivity index (χ2n) is 2.45. The van der Waals surface area contributed by atoms with Crippen molar-refractivity contribution in [2.24, 2.45) is 0 Å². The number of fused-ring (bicyclic) bond motifs is 1. The number of rotatable bonds is 1. The van der Waals surface area contributed by atoms with Crippen molar-refractivity contribution < 1.29 is 5.11 Å². The monoisotopic (exact) mass is 148 g/mol. The molecule has 0 spiro atoms. The fourth-order valence-electron chi connectivity index (χ4n) is 1.09. The number of aliphatic hydroxyl groups excluding tert-OH is 1. The van der Waals surface area contributed by atoms with E-state index in [2.05, 4.69) is 10.2 Å². The third kappa shape index (κ3) is 0.991. The van der Waals surface area contributed by atoms with E-state index in [1.54, 1.807) is 6.20 Å². The Morgan fingerprint density at radius 1 is 1.45 bits per heavy atom. The minimum absolute atomic E-state index is 0.0844. The van der Waals surface area contributed by atoms with E-state index >= 15 is 0 Å². The molecule has 1 aromatic carbocycles. The Kier molecular flexibility index (Phi) is 1.36. The van der Waals surface area contributed by atoms with E-state index in [-0.39, 0.29) is 6.61 Å². The van der Waals surface area contributed by atoms with E-state index in [0.29, 0.717) is 0 Å². The fraction of sp³-hybridized carbons (Fsp3) is 0.125. The van der Waals surface area contributed by atoms with Gasteiger partial charge in [0.05, 0.1) is 18.3 Å². The number of aliphatic hydroxyl groups is 1. The molecule has 0 saturated carbocycles. The highest BCUT2D eigenvalue weighted by molar-refractivity contribution is 5.78. The average molecular weight is 148 g/mol. The quantitative estimate of drug-likeness (QED) is 0.635. The van der Waals surface area contributed by atoms with Gasteiger partial charge in [0.1, 0.15) is 0 Å². The maximum absolute atomic E-state index is 8.80. The molecule has 1 aromatic heterocycles. The van der Waals surface area contributed by atoms with Gasteiger partial charge in [0, 0.05) is 5.39 Å². The van der Waals surface area contributed by atoms with Crippen LogP contribution < -0.4 is 0 Å². The Hall–Kier alpha value is -1.35. The van der Waals surface area contributed by atoms with Crippen molar-refractivity contribution in [2.45, 2.75) is 6.61 Å². The molecule has 11 heavy (non-hydrogen) atoms. The van der Waals surface area contributed by atoms with Gasteiger partial charge >= 0.3 is 0 Å². The van der Waals surface area contributed by atoms with E-state index in [4.69, 9.17) is 5.11 Å². The molecule has 3 nitrogen and oxygen atoms in total. The molecule has 1 heterocycles. The lowest BCUT2D eigenvalue weighted by molar-refractivity contribution is 0.282. The molecular weight excluding hydrogens is 140 g/mol. The van der Waals surface area contributed by atoms with Crippen LogP contribution in [0.1, 0.15) is 5.56 Å². The first-order chi connectivity index (χ1) is 5.40. The van der Waals surface area contributed by atoms with Gasteiger partial charge in [-0.1, -0.05) is 6.07 Å². The molecular formula is C8H8N2O. The smallest absolute Gasteiger partial charge is 0.0682 e. The number of hydrogen-bond acceptors (Lipinski definition) is 2. The van der Waals surface area contributed by atoms with E-state index in [1.165, 1.54) is 0 Å². The first-order valence-electron chi connectivity index (χ1n) is 3.43. The minimum atomic E-state index is 0.0844.